The first-order valence-electron chi connectivity index (χ1n) is 4.81. The standard InChI is InChI=1S/C12H10FNOS/c1-7-5-9(13)3-4-10(7)12(15)11-6-14-8(2)16-11/h3-6H,1-2H3. The highest BCUT2D eigenvalue weighted by Gasteiger charge is 2.14. The van der Waals surface area contributed by atoms with E-state index in [4.69, 9.17) is 0 Å². The molecule has 0 N–H and O–H groups in total. The van der Waals surface area contributed by atoms with Crippen LogP contribution in [0.25, 0.3) is 0 Å². The molecule has 2 aromatic rings. The summed E-state index contributed by atoms with van der Waals surface area (Å²) in [6.45, 7) is 3.57. The van der Waals surface area contributed by atoms with E-state index in [0.29, 0.717) is 16.0 Å². The average Bonchev–Trinajstić information content (AvgIpc) is 2.64. The fraction of sp³-hybridized carbons (Fsp3) is 0.167. The molecular formula is C12H10FNOS. The van der Waals surface area contributed by atoms with Crippen LogP contribution in [-0.4, -0.2) is 10.8 Å². The van der Waals surface area contributed by atoms with E-state index in [0.717, 1.165) is 5.01 Å². The molecule has 2 rings (SSSR count). The molecule has 0 saturated heterocycles. The normalized spacial score (nSPS) is 10.4. The maximum Gasteiger partial charge on any atom is 0.204 e. The smallest absolute Gasteiger partial charge is 0.204 e. The lowest BCUT2D eigenvalue weighted by atomic mass is 10.0. The number of rotatable bonds is 2. The number of nitrogens with zero attached hydrogens (tertiary/aromatic N) is 1. The first kappa shape index (κ1) is 11.0. The molecule has 82 valence electrons. The van der Waals surface area contributed by atoms with Crippen LogP contribution < -0.4 is 0 Å². The van der Waals surface area contributed by atoms with Gasteiger partial charge in [0.25, 0.3) is 0 Å². The van der Waals surface area contributed by atoms with Crippen molar-refractivity contribution in [2.24, 2.45) is 0 Å². The summed E-state index contributed by atoms with van der Waals surface area (Å²) in [5.74, 6) is -0.419. The van der Waals surface area contributed by atoms with Crippen LogP contribution in [0.4, 0.5) is 4.39 Å². The minimum absolute atomic E-state index is 0.0944. The molecular weight excluding hydrogens is 225 g/mol. The zero-order valence-electron chi connectivity index (χ0n) is 8.95. The van der Waals surface area contributed by atoms with Crippen LogP contribution in [0.3, 0.4) is 0 Å². The van der Waals surface area contributed by atoms with Gasteiger partial charge in [-0.1, -0.05) is 0 Å². The quantitative estimate of drug-likeness (QED) is 0.748. The van der Waals surface area contributed by atoms with Crippen LogP contribution in [0, 0.1) is 19.7 Å². The third kappa shape index (κ3) is 2.02. The number of carbonyl (C=O) groups is 1. The topological polar surface area (TPSA) is 30.0 Å². The summed E-state index contributed by atoms with van der Waals surface area (Å²) in [6, 6.07) is 4.18. The number of aromatic nitrogens is 1. The predicted molar refractivity (Wildman–Crippen MR) is 61.4 cm³/mol. The summed E-state index contributed by atoms with van der Waals surface area (Å²) >= 11 is 1.35. The van der Waals surface area contributed by atoms with Crippen molar-refractivity contribution in [3.05, 3.63) is 51.2 Å². The molecule has 0 saturated carbocycles. The number of hydrogen-bond acceptors (Lipinski definition) is 3. The van der Waals surface area contributed by atoms with Crippen molar-refractivity contribution in [2.45, 2.75) is 13.8 Å². The van der Waals surface area contributed by atoms with Crippen LogP contribution >= 0.6 is 11.3 Å². The van der Waals surface area contributed by atoms with Crippen LogP contribution in [0.1, 0.15) is 25.8 Å². The molecule has 0 aliphatic carbocycles. The Morgan fingerprint density at radius 3 is 2.69 bits per heavy atom. The Hall–Kier alpha value is -1.55. The first-order valence-corrected chi connectivity index (χ1v) is 5.63. The Bertz CT molecular complexity index is 548. The Kier molecular flexibility index (Phi) is 2.83. The molecule has 0 amide bonds. The van der Waals surface area contributed by atoms with E-state index < -0.39 is 0 Å². The lowest BCUT2D eigenvalue weighted by molar-refractivity contribution is 0.104. The van der Waals surface area contributed by atoms with E-state index in [-0.39, 0.29) is 11.6 Å². The monoisotopic (exact) mass is 235 g/mol. The molecule has 0 aliphatic rings. The van der Waals surface area contributed by atoms with Gasteiger partial charge in [-0.25, -0.2) is 9.37 Å². The number of carbonyl (C=O) groups excluding carboxylic acids is 1. The number of thiazole rings is 1. The maximum atomic E-state index is 12.9. The molecule has 0 atom stereocenters. The Morgan fingerprint density at radius 2 is 2.12 bits per heavy atom. The molecule has 0 fully saturated rings. The van der Waals surface area contributed by atoms with Gasteiger partial charge in [-0.15, -0.1) is 11.3 Å². The largest absolute Gasteiger partial charge is 0.288 e. The van der Waals surface area contributed by atoms with E-state index in [1.807, 2.05) is 6.92 Å². The lowest BCUT2D eigenvalue weighted by Crippen LogP contribution is -2.01. The van der Waals surface area contributed by atoms with Gasteiger partial charge in [0, 0.05) is 11.8 Å². The predicted octanol–water partition coefficient (Wildman–Crippen LogP) is 3.13. The summed E-state index contributed by atoms with van der Waals surface area (Å²) in [4.78, 5) is 16.7. The third-order valence-electron chi connectivity index (χ3n) is 2.28. The summed E-state index contributed by atoms with van der Waals surface area (Å²) in [7, 11) is 0. The van der Waals surface area contributed by atoms with E-state index in [1.54, 1.807) is 13.1 Å². The van der Waals surface area contributed by atoms with Gasteiger partial charge in [-0.3, -0.25) is 4.79 Å². The van der Waals surface area contributed by atoms with Crippen molar-refractivity contribution < 1.29 is 9.18 Å². The van der Waals surface area contributed by atoms with Crippen LogP contribution in [0.5, 0.6) is 0 Å². The molecule has 2 nitrogen and oxygen atoms in total. The highest BCUT2D eigenvalue weighted by molar-refractivity contribution is 7.13. The van der Waals surface area contributed by atoms with Crippen molar-refractivity contribution in [3.63, 3.8) is 0 Å². The second-order valence-electron chi connectivity index (χ2n) is 3.53. The Balaban J connectivity index is 2.41. The van der Waals surface area contributed by atoms with Crippen molar-refractivity contribution in [1.29, 1.82) is 0 Å². The molecule has 1 heterocycles. The Labute approximate surface area is 96.8 Å². The highest BCUT2D eigenvalue weighted by atomic mass is 32.1. The maximum absolute atomic E-state index is 12.9. The van der Waals surface area contributed by atoms with Crippen LogP contribution in [0.15, 0.2) is 24.4 Å². The van der Waals surface area contributed by atoms with Crippen molar-refractivity contribution in [1.82, 2.24) is 4.98 Å². The second-order valence-corrected chi connectivity index (χ2v) is 4.77. The fourth-order valence-corrected chi connectivity index (χ4v) is 2.21. The molecule has 0 bridgehead atoms. The summed E-state index contributed by atoms with van der Waals surface area (Å²) in [5.41, 5.74) is 1.18. The van der Waals surface area contributed by atoms with Gasteiger partial charge in [-0.05, 0) is 37.6 Å². The number of benzene rings is 1. The molecule has 0 radical (unpaired) electrons. The van der Waals surface area contributed by atoms with Crippen molar-refractivity contribution in [2.75, 3.05) is 0 Å². The zero-order chi connectivity index (χ0) is 11.7. The van der Waals surface area contributed by atoms with E-state index in [9.17, 15) is 9.18 Å². The van der Waals surface area contributed by atoms with E-state index in [2.05, 4.69) is 4.98 Å². The average molecular weight is 235 g/mol. The molecule has 4 heteroatoms. The SMILES string of the molecule is Cc1ncc(C(=O)c2ccc(F)cc2C)s1. The minimum atomic E-state index is -0.325. The number of hydrogen-bond donors (Lipinski definition) is 0. The lowest BCUT2D eigenvalue weighted by Gasteiger charge is -2.02. The highest BCUT2D eigenvalue weighted by Crippen LogP contribution is 2.19. The fourth-order valence-electron chi connectivity index (χ4n) is 1.48. The van der Waals surface area contributed by atoms with Gasteiger partial charge >= 0.3 is 0 Å². The number of ketones is 1. The zero-order valence-corrected chi connectivity index (χ0v) is 9.77. The van der Waals surface area contributed by atoms with E-state index >= 15 is 0 Å². The summed E-state index contributed by atoms with van der Waals surface area (Å²) in [5, 5.41) is 0.850. The molecule has 1 aromatic heterocycles. The molecule has 0 unspecified atom stereocenters. The van der Waals surface area contributed by atoms with E-state index in [1.165, 1.54) is 29.5 Å². The first-order chi connectivity index (χ1) is 7.58. The molecule has 16 heavy (non-hydrogen) atoms. The van der Waals surface area contributed by atoms with Crippen molar-refractivity contribution in [3.8, 4) is 0 Å². The van der Waals surface area contributed by atoms with Gasteiger partial charge in [0.1, 0.15) is 5.82 Å². The van der Waals surface area contributed by atoms with Crippen LogP contribution in [0.2, 0.25) is 0 Å². The van der Waals surface area contributed by atoms with Crippen LogP contribution in [-0.2, 0) is 0 Å². The van der Waals surface area contributed by atoms with Gasteiger partial charge < -0.3 is 0 Å². The van der Waals surface area contributed by atoms with Gasteiger partial charge in [-0.2, -0.15) is 0 Å². The number of aryl methyl sites for hydroxylation is 2. The Morgan fingerprint density at radius 1 is 1.38 bits per heavy atom. The number of halogens is 1. The van der Waals surface area contributed by atoms with Gasteiger partial charge in [0.05, 0.1) is 9.88 Å². The van der Waals surface area contributed by atoms with Crippen molar-refractivity contribution >= 4 is 17.1 Å². The van der Waals surface area contributed by atoms with Gasteiger partial charge in [0.2, 0.25) is 5.78 Å². The second kappa shape index (κ2) is 4.14. The molecule has 0 spiro atoms. The summed E-state index contributed by atoms with van der Waals surface area (Å²) < 4.78 is 12.9. The minimum Gasteiger partial charge on any atom is -0.288 e. The molecule has 1 aromatic carbocycles. The van der Waals surface area contributed by atoms with Gasteiger partial charge in [0.15, 0.2) is 0 Å². The third-order valence-corrected chi connectivity index (χ3v) is 3.19. The summed E-state index contributed by atoms with van der Waals surface area (Å²) in [6.07, 6.45) is 1.56. The molecule has 0 aliphatic heterocycles.